The SMILES string of the molecule is CCN1CCC=C1CN. The Labute approximate surface area is 56.3 Å². The molecule has 0 radical (unpaired) electrons. The number of rotatable bonds is 2. The van der Waals surface area contributed by atoms with Gasteiger partial charge < -0.3 is 10.6 Å². The summed E-state index contributed by atoms with van der Waals surface area (Å²) in [6, 6.07) is 0. The molecule has 1 heterocycles. The maximum absolute atomic E-state index is 5.49. The van der Waals surface area contributed by atoms with Crippen molar-refractivity contribution in [2.24, 2.45) is 5.73 Å². The summed E-state index contributed by atoms with van der Waals surface area (Å²) >= 11 is 0. The molecule has 1 aliphatic rings. The maximum atomic E-state index is 5.49. The quantitative estimate of drug-likeness (QED) is 0.585. The van der Waals surface area contributed by atoms with E-state index in [-0.39, 0.29) is 0 Å². The van der Waals surface area contributed by atoms with Gasteiger partial charge in [0, 0.05) is 25.3 Å². The smallest absolute Gasteiger partial charge is 0.0327 e. The van der Waals surface area contributed by atoms with Gasteiger partial charge in [-0.3, -0.25) is 0 Å². The van der Waals surface area contributed by atoms with Gasteiger partial charge in [-0.1, -0.05) is 6.08 Å². The molecule has 1 rings (SSSR count). The molecule has 0 aliphatic carbocycles. The van der Waals surface area contributed by atoms with E-state index in [2.05, 4.69) is 17.9 Å². The van der Waals surface area contributed by atoms with E-state index < -0.39 is 0 Å². The molecule has 0 amide bonds. The van der Waals surface area contributed by atoms with E-state index in [0.717, 1.165) is 6.54 Å². The first-order chi connectivity index (χ1) is 4.38. The molecule has 0 saturated carbocycles. The molecular formula is C7H14N2. The van der Waals surface area contributed by atoms with Crippen LogP contribution in [0.3, 0.4) is 0 Å². The Hall–Kier alpha value is -0.500. The number of likely N-dealkylation sites (N-methyl/N-ethyl adjacent to an activating group) is 1. The standard InChI is InChI=1S/C7H14N2/c1-2-9-5-3-4-7(9)6-8/h4H,2-3,5-6,8H2,1H3. The molecule has 0 atom stereocenters. The van der Waals surface area contributed by atoms with Crippen molar-refractivity contribution < 1.29 is 0 Å². The predicted octanol–water partition coefficient (Wildman–Crippen LogP) is 0.555. The van der Waals surface area contributed by atoms with Crippen LogP contribution < -0.4 is 5.73 Å². The second-order valence-corrected chi connectivity index (χ2v) is 2.27. The molecule has 0 aromatic carbocycles. The first-order valence-electron chi connectivity index (χ1n) is 3.52. The average molecular weight is 126 g/mol. The van der Waals surface area contributed by atoms with Gasteiger partial charge in [-0.05, 0) is 13.3 Å². The molecule has 9 heavy (non-hydrogen) atoms. The summed E-state index contributed by atoms with van der Waals surface area (Å²) in [6.45, 7) is 5.13. The van der Waals surface area contributed by atoms with E-state index in [1.54, 1.807) is 0 Å². The molecule has 0 unspecified atom stereocenters. The third kappa shape index (κ3) is 1.24. The lowest BCUT2D eigenvalue weighted by molar-refractivity contribution is 0.392. The average Bonchev–Trinajstić information content (AvgIpc) is 2.33. The first kappa shape index (κ1) is 6.62. The van der Waals surface area contributed by atoms with Crippen LogP contribution in [0.2, 0.25) is 0 Å². The van der Waals surface area contributed by atoms with Crippen LogP contribution in [0.1, 0.15) is 13.3 Å². The third-order valence-corrected chi connectivity index (χ3v) is 1.78. The van der Waals surface area contributed by atoms with Crippen LogP contribution >= 0.6 is 0 Å². The normalized spacial score (nSPS) is 18.4. The summed E-state index contributed by atoms with van der Waals surface area (Å²) in [5.41, 5.74) is 6.81. The largest absolute Gasteiger partial charge is 0.374 e. The van der Waals surface area contributed by atoms with Gasteiger partial charge in [0.1, 0.15) is 0 Å². The molecule has 0 fully saturated rings. The minimum Gasteiger partial charge on any atom is -0.374 e. The van der Waals surface area contributed by atoms with Crippen LogP contribution in [0.5, 0.6) is 0 Å². The highest BCUT2D eigenvalue weighted by molar-refractivity contribution is 5.08. The Morgan fingerprint density at radius 2 is 2.56 bits per heavy atom. The third-order valence-electron chi connectivity index (χ3n) is 1.78. The van der Waals surface area contributed by atoms with Crippen LogP contribution in [0.25, 0.3) is 0 Å². The van der Waals surface area contributed by atoms with Crippen molar-refractivity contribution in [3.63, 3.8) is 0 Å². The molecule has 2 nitrogen and oxygen atoms in total. The summed E-state index contributed by atoms with van der Waals surface area (Å²) < 4.78 is 0. The highest BCUT2D eigenvalue weighted by Gasteiger charge is 2.09. The Morgan fingerprint density at radius 1 is 1.78 bits per heavy atom. The molecule has 52 valence electrons. The summed E-state index contributed by atoms with van der Waals surface area (Å²) in [5.74, 6) is 0. The van der Waals surface area contributed by atoms with Gasteiger partial charge in [-0.15, -0.1) is 0 Å². The van der Waals surface area contributed by atoms with Crippen LogP contribution in [0.15, 0.2) is 11.8 Å². The minimum atomic E-state index is 0.702. The van der Waals surface area contributed by atoms with Crippen molar-refractivity contribution in [2.75, 3.05) is 19.6 Å². The van der Waals surface area contributed by atoms with Crippen LogP contribution in [0, 0.1) is 0 Å². The van der Waals surface area contributed by atoms with Crippen molar-refractivity contribution in [2.45, 2.75) is 13.3 Å². The Balaban J connectivity index is 2.47. The zero-order chi connectivity index (χ0) is 6.69. The van der Waals surface area contributed by atoms with E-state index in [4.69, 9.17) is 5.73 Å². The lowest BCUT2D eigenvalue weighted by Crippen LogP contribution is -2.23. The van der Waals surface area contributed by atoms with Crippen molar-refractivity contribution in [1.82, 2.24) is 4.90 Å². The number of nitrogens with two attached hydrogens (primary N) is 1. The van der Waals surface area contributed by atoms with E-state index in [1.165, 1.54) is 18.7 Å². The van der Waals surface area contributed by atoms with Gasteiger partial charge >= 0.3 is 0 Å². The lowest BCUT2D eigenvalue weighted by atomic mass is 10.4. The van der Waals surface area contributed by atoms with Crippen LogP contribution in [0.4, 0.5) is 0 Å². The van der Waals surface area contributed by atoms with E-state index in [1.807, 2.05) is 0 Å². The molecule has 0 saturated heterocycles. The first-order valence-corrected chi connectivity index (χ1v) is 3.52. The molecular weight excluding hydrogens is 112 g/mol. The number of nitrogens with zero attached hydrogens (tertiary/aromatic N) is 1. The van der Waals surface area contributed by atoms with Crippen molar-refractivity contribution in [1.29, 1.82) is 0 Å². The topological polar surface area (TPSA) is 29.3 Å². The van der Waals surface area contributed by atoms with Gasteiger partial charge in [0.15, 0.2) is 0 Å². The monoisotopic (exact) mass is 126 g/mol. The highest BCUT2D eigenvalue weighted by atomic mass is 15.1. The molecule has 0 spiro atoms. The molecule has 1 aliphatic heterocycles. The van der Waals surface area contributed by atoms with Gasteiger partial charge in [0.2, 0.25) is 0 Å². The second kappa shape index (κ2) is 2.87. The zero-order valence-corrected chi connectivity index (χ0v) is 5.93. The van der Waals surface area contributed by atoms with Gasteiger partial charge in [0.25, 0.3) is 0 Å². The van der Waals surface area contributed by atoms with E-state index in [9.17, 15) is 0 Å². The maximum Gasteiger partial charge on any atom is 0.0327 e. The Morgan fingerprint density at radius 3 is 3.00 bits per heavy atom. The lowest BCUT2D eigenvalue weighted by Gasteiger charge is -2.18. The zero-order valence-electron chi connectivity index (χ0n) is 5.93. The fourth-order valence-corrected chi connectivity index (χ4v) is 1.23. The molecule has 0 aromatic heterocycles. The summed E-state index contributed by atoms with van der Waals surface area (Å²) in [7, 11) is 0. The van der Waals surface area contributed by atoms with Crippen LogP contribution in [-0.4, -0.2) is 24.5 Å². The fourth-order valence-electron chi connectivity index (χ4n) is 1.23. The molecule has 0 aromatic rings. The summed E-state index contributed by atoms with van der Waals surface area (Å²) in [6.07, 6.45) is 3.41. The van der Waals surface area contributed by atoms with Gasteiger partial charge in [-0.2, -0.15) is 0 Å². The summed E-state index contributed by atoms with van der Waals surface area (Å²) in [5, 5.41) is 0. The number of hydrogen-bond acceptors (Lipinski definition) is 2. The van der Waals surface area contributed by atoms with Gasteiger partial charge in [0.05, 0.1) is 0 Å². The van der Waals surface area contributed by atoms with Gasteiger partial charge in [-0.25, -0.2) is 0 Å². The highest BCUT2D eigenvalue weighted by Crippen LogP contribution is 2.11. The molecule has 0 bridgehead atoms. The predicted molar refractivity (Wildman–Crippen MR) is 39.0 cm³/mol. The van der Waals surface area contributed by atoms with Crippen LogP contribution in [-0.2, 0) is 0 Å². The molecule has 2 heteroatoms. The fraction of sp³-hybridized carbons (Fsp3) is 0.714. The molecule has 2 N–H and O–H groups in total. The Kier molecular flexibility index (Phi) is 2.11. The second-order valence-electron chi connectivity index (χ2n) is 2.27. The van der Waals surface area contributed by atoms with E-state index in [0.29, 0.717) is 6.54 Å². The Bertz CT molecular complexity index is 118. The minimum absolute atomic E-state index is 0.702. The van der Waals surface area contributed by atoms with Crippen molar-refractivity contribution >= 4 is 0 Å². The van der Waals surface area contributed by atoms with E-state index >= 15 is 0 Å². The number of hydrogen-bond donors (Lipinski definition) is 1. The summed E-state index contributed by atoms with van der Waals surface area (Å²) in [4.78, 5) is 2.32. The van der Waals surface area contributed by atoms with Crippen molar-refractivity contribution in [3.8, 4) is 0 Å². The van der Waals surface area contributed by atoms with Crippen molar-refractivity contribution in [3.05, 3.63) is 11.8 Å².